The van der Waals surface area contributed by atoms with Crippen LogP contribution in [0.25, 0.3) is 0 Å². The van der Waals surface area contributed by atoms with Crippen LogP contribution >= 0.6 is 0 Å². The fraction of sp³-hybridized carbons (Fsp3) is 0.286. The summed E-state index contributed by atoms with van der Waals surface area (Å²) in [6.45, 7) is 6.40. The third-order valence-corrected chi connectivity index (χ3v) is 2.10. The first-order valence-corrected chi connectivity index (χ1v) is 5.52. The van der Waals surface area contributed by atoms with E-state index in [0.717, 1.165) is 11.8 Å². The molecule has 0 spiro atoms. The Morgan fingerprint density at radius 2 is 1.94 bits per heavy atom. The van der Waals surface area contributed by atoms with Crippen LogP contribution in [0, 0.1) is 0 Å². The van der Waals surface area contributed by atoms with Crippen LogP contribution in [-0.4, -0.2) is 17.0 Å². The molecular formula is C14H18O4. The molecule has 0 unspecified atom stereocenters. The molecule has 0 amide bonds. The van der Waals surface area contributed by atoms with Crippen LogP contribution in [0.1, 0.15) is 31.7 Å². The quantitative estimate of drug-likeness (QED) is 0.659. The molecule has 18 heavy (non-hydrogen) atoms. The van der Waals surface area contributed by atoms with Gasteiger partial charge in [-0.1, -0.05) is 43.8 Å². The van der Waals surface area contributed by atoms with Crippen LogP contribution in [0.15, 0.2) is 43.2 Å². The molecule has 1 aromatic carbocycles. The third kappa shape index (κ3) is 8.10. The van der Waals surface area contributed by atoms with Gasteiger partial charge in [0, 0.05) is 6.92 Å². The maximum absolute atomic E-state index is 10.4. The van der Waals surface area contributed by atoms with E-state index in [4.69, 9.17) is 5.11 Å². The van der Waals surface area contributed by atoms with E-state index in [1.165, 1.54) is 6.92 Å². The first kappa shape index (κ1) is 15.9. The molecule has 0 saturated heterocycles. The number of esters is 1. The second kappa shape index (κ2) is 8.98. The molecule has 1 atom stereocenters. The highest BCUT2D eigenvalue weighted by Gasteiger charge is 2.08. The van der Waals surface area contributed by atoms with Crippen molar-refractivity contribution in [1.82, 2.24) is 0 Å². The summed E-state index contributed by atoms with van der Waals surface area (Å²) in [6.07, 6.45) is 1.30. The van der Waals surface area contributed by atoms with Gasteiger partial charge in [-0.05, 0) is 11.5 Å². The molecule has 0 aromatic heterocycles. The van der Waals surface area contributed by atoms with Gasteiger partial charge in [0.05, 0.1) is 12.7 Å². The molecule has 0 aliphatic rings. The number of carboxylic acids is 1. The molecule has 98 valence electrons. The number of carboxylic acid groups (broad SMARTS) is 1. The zero-order valence-corrected chi connectivity index (χ0v) is 10.6. The van der Waals surface area contributed by atoms with Crippen LogP contribution < -0.4 is 0 Å². The number of rotatable bonds is 4. The Bertz CT molecular complexity index is 384. The van der Waals surface area contributed by atoms with Crippen LogP contribution in [0.4, 0.5) is 0 Å². The molecular weight excluding hydrogens is 232 g/mol. The van der Waals surface area contributed by atoms with Crippen molar-refractivity contribution in [3.8, 4) is 0 Å². The maximum atomic E-state index is 10.4. The van der Waals surface area contributed by atoms with E-state index in [1.54, 1.807) is 0 Å². The summed E-state index contributed by atoms with van der Waals surface area (Å²) in [5.74, 6) is -0.972. The summed E-state index contributed by atoms with van der Waals surface area (Å²) in [6, 6.07) is 9.68. The van der Waals surface area contributed by atoms with Gasteiger partial charge in [-0.25, -0.2) is 0 Å². The highest BCUT2D eigenvalue weighted by atomic mass is 16.5. The standard InChI is InChI=1S/C10H12O2.C4H6O2/c1-8(7-10(11)12)9-5-3-2-4-6-9;1-3-6-4(2)5/h2-6,8H,7H2,1H3,(H,11,12);3H,1H2,2H3/t8-;/m1./s1. The highest BCUT2D eigenvalue weighted by molar-refractivity contribution is 5.68. The summed E-state index contributed by atoms with van der Waals surface area (Å²) in [7, 11) is 0. The summed E-state index contributed by atoms with van der Waals surface area (Å²) in [5, 5.41) is 8.55. The molecule has 1 aromatic rings. The van der Waals surface area contributed by atoms with E-state index in [9.17, 15) is 9.59 Å². The number of carbonyl (C=O) groups is 2. The highest BCUT2D eigenvalue weighted by Crippen LogP contribution is 2.17. The van der Waals surface area contributed by atoms with E-state index in [-0.39, 0.29) is 18.3 Å². The Morgan fingerprint density at radius 3 is 2.28 bits per heavy atom. The van der Waals surface area contributed by atoms with Gasteiger partial charge in [0.25, 0.3) is 0 Å². The molecule has 4 nitrogen and oxygen atoms in total. The van der Waals surface area contributed by atoms with Gasteiger partial charge in [0.15, 0.2) is 0 Å². The molecule has 4 heteroatoms. The average Bonchev–Trinajstić information content (AvgIpc) is 2.30. The second-order valence-corrected chi connectivity index (χ2v) is 3.69. The monoisotopic (exact) mass is 250 g/mol. The van der Waals surface area contributed by atoms with Crippen molar-refractivity contribution in [3.05, 3.63) is 48.7 Å². The molecule has 0 fully saturated rings. The van der Waals surface area contributed by atoms with E-state index in [1.807, 2.05) is 37.3 Å². The van der Waals surface area contributed by atoms with E-state index in [2.05, 4.69) is 11.3 Å². The Kier molecular flexibility index (Phi) is 7.94. The molecule has 0 saturated carbocycles. The van der Waals surface area contributed by atoms with Gasteiger partial charge in [-0.15, -0.1) is 0 Å². The SMILES string of the molecule is C=COC(C)=O.C[C@H](CC(=O)O)c1ccccc1. The summed E-state index contributed by atoms with van der Waals surface area (Å²) in [4.78, 5) is 20.1. The van der Waals surface area contributed by atoms with Crippen molar-refractivity contribution in [2.45, 2.75) is 26.2 Å². The van der Waals surface area contributed by atoms with E-state index < -0.39 is 5.97 Å². The smallest absolute Gasteiger partial charge is 0.307 e. The first-order valence-electron chi connectivity index (χ1n) is 5.52. The zero-order valence-electron chi connectivity index (χ0n) is 10.6. The van der Waals surface area contributed by atoms with Crippen molar-refractivity contribution in [1.29, 1.82) is 0 Å². The van der Waals surface area contributed by atoms with Gasteiger partial charge in [0.2, 0.25) is 0 Å². The number of hydrogen-bond acceptors (Lipinski definition) is 3. The van der Waals surface area contributed by atoms with Gasteiger partial charge in [-0.3, -0.25) is 9.59 Å². The lowest BCUT2D eigenvalue weighted by atomic mass is 9.98. The lowest BCUT2D eigenvalue weighted by Crippen LogP contribution is -2.02. The average molecular weight is 250 g/mol. The molecule has 0 bridgehead atoms. The van der Waals surface area contributed by atoms with Crippen molar-refractivity contribution < 1.29 is 19.4 Å². The molecule has 0 radical (unpaired) electrons. The van der Waals surface area contributed by atoms with Gasteiger partial charge < -0.3 is 9.84 Å². The minimum absolute atomic E-state index is 0.101. The van der Waals surface area contributed by atoms with E-state index in [0.29, 0.717) is 0 Å². The maximum Gasteiger partial charge on any atom is 0.307 e. The third-order valence-electron chi connectivity index (χ3n) is 2.10. The van der Waals surface area contributed by atoms with Crippen molar-refractivity contribution in [2.75, 3.05) is 0 Å². The largest absolute Gasteiger partial charge is 0.481 e. The van der Waals surface area contributed by atoms with Gasteiger partial charge in [-0.2, -0.15) is 0 Å². The number of hydrogen-bond donors (Lipinski definition) is 1. The number of carbonyl (C=O) groups excluding carboxylic acids is 1. The van der Waals surface area contributed by atoms with Gasteiger partial charge in [0.1, 0.15) is 0 Å². The first-order chi connectivity index (χ1) is 8.47. The summed E-state index contributed by atoms with van der Waals surface area (Å²) < 4.78 is 4.17. The van der Waals surface area contributed by atoms with E-state index >= 15 is 0 Å². The Hall–Kier alpha value is -2.10. The van der Waals surface area contributed by atoms with Crippen LogP contribution in [-0.2, 0) is 14.3 Å². The minimum atomic E-state index is -0.744. The predicted molar refractivity (Wildman–Crippen MR) is 69.1 cm³/mol. The molecule has 0 aliphatic carbocycles. The lowest BCUT2D eigenvalue weighted by Gasteiger charge is -2.07. The normalized spacial score (nSPS) is 10.6. The zero-order chi connectivity index (χ0) is 14.0. The molecule has 0 heterocycles. The predicted octanol–water partition coefficient (Wildman–Crippen LogP) is 2.96. The lowest BCUT2D eigenvalue weighted by molar-refractivity contribution is -0.137. The minimum Gasteiger partial charge on any atom is -0.481 e. The van der Waals surface area contributed by atoms with Crippen molar-refractivity contribution in [2.24, 2.45) is 0 Å². The molecule has 1 rings (SSSR count). The molecule has 1 N–H and O–H groups in total. The Labute approximate surface area is 107 Å². The van der Waals surface area contributed by atoms with Crippen LogP contribution in [0.5, 0.6) is 0 Å². The number of aliphatic carboxylic acids is 1. The fourth-order valence-electron chi connectivity index (χ4n) is 1.28. The number of ether oxygens (including phenoxy) is 1. The van der Waals surface area contributed by atoms with Crippen molar-refractivity contribution in [3.63, 3.8) is 0 Å². The topological polar surface area (TPSA) is 63.6 Å². The molecule has 0 aliphatic heterocycles. The van der Waals surface area contributed by atoms with Crippen molar-refractivity contribution >= 4 is 11.9 Å². The van der Waals surface area contributed by atoms with Crippen LogP contribution in [0.2, 0.25) is 0 Å². The number of benzene rings is 1. The Morgan fingerprint density at radius 1 is 1.39 bits per heavy atom. The Balaban J connectivity index is 0.000000411. The fourth-order valence-corrected chi connectivity index (χ4v) is 1.28. The van der Waals surface area contributed by atoms with Gasteiger partial charge >= 0.3 is 11.9 Å². The summed E-state index contributed by atoms with van der Waals surface area (Å²) >= 11 is 0. The second-order valence-electron chi connectivity index (χ2n) is 3.69. The van der Waals surface area contributed by atoms with Crippen LogP contribution in [0.3, 0.4) is 0 Å². The summed E-state index contributed by atoms with van der Waals surface area (Å²) in [5.41, 5.74) is 1.08.